The zero-order valence-electron chi connectivity index (χ0n) is 45.7. The highest BCUT2D eigenvalue weighted by Crippen LogP contribution is 2.43. The summed E-state index contributed by atoms with van der Waals surface area (Å²) >= 11 is 0. The highest BCUT2D eigenvalue weighted by molar-refractivity contribution is 7.47. The largest absolute Gasteiger partial charge is 0.472 e. The van der Waals surface area contributed by atoms with E-state index in [2.05, 4.69) is 154 Å². The first kappa shape index (κ1) is 69.4. The third-order valence-corrected chi connectivity index (χ3v) is 11.7. The number of aliphatic hydroxyl groups is 1. The van der Waals surface area contributed by atoms with Crippen LogP contribution in [0.25, 0.3) is 0 Å². The molecule has 3 atom stereocenters. The molecule has 12 heteroatoms. The molecule has 416 valence electrons. The van der Waals surface area contributed by atoms with Crippen molar-refractivity contribution in [1.29, 1.82) is 0 Å². The number of carbonyl (C=O) groups excluding carboxylic acids is 3. The molecule has 0 aliphatic carbocycles. The van der Waals surface area contributed by atoms with Gasteiger partial charge in [0.25, 0.3) is 0 Å². The Labute approximate surface area is 448 Å². The highest BCUT2D eigenvalue weighted by atomic mass is 31.2. The number of phosphoric ester groups is 1. The fourth-order valence-electron chi connectivity index (χ4n) is 6.64. The van der Waals surface area contributed by atoms with Crippen LogP contribution in [-0.2, 0) is 42.2 Å². The van der Waals surface area contributed by atoms with Crippen LogP contribution >= 0.6 is 7.82 Å². The number of hydrogen-bond donors (Lipinski definition) is 2. The molecule has 0 amide bonds. The van der Waals surface area contributed by atoms with Gasteiger partial charge in [-0.1, -0.05) is 192 Å². The van der Waals surface area contributed by atoms with Crippen molar-refractivity contribution in [2.75, 3.05) is 26.4 Å². The highest BCUT2D eigenvalue weighted by Gasteiger charge is 2.28. The van der Waals surface area contributed by atoms with Gasteiger partial charge in [-0.15, -0.1) is 0 Å². The van der Waals surface area contributed by atoms with Crippen LogP contribution in [0, 0.1) is 0 Å². The van der Waals surface area contributed by atoms with Crippen molar-refractivity contribution >= 4 is 25.7 Å². The van der Waals surface area contributed by atoms with E-state index in [0.717, 1.165) is 128 Å². The number of allylic oxidation sites excluding steroid dienone is 24. The summed E-state index contributed by atoms with van der Waals surface area (Å²) in [5.74, 6) is -1.64. The second kappa shape index (κ2) is 54.6. The number of esters is 3. The minimum atomic E-state index is -4.79. The zero-order valence-corrected chi connectivity index (χ0v) is 46.6. The molecule has 0 aromatic carbocycles. The third kappa shape index (κ3) is 52.2. The molecular weight excluding hydrogens is 952 g/mol. The molecular formula is C62H97O11P. The van der Waals surface area contributed by atoms with Gasteiger partial charge in [-0.2, -0.15) is 0 Å². The molecule has 3 unspecified atom stereocenters. The Bertz CT molecular complexity index is 1800. The topological polar surface area (TPSA) is 155 Å². The van der Waals surface area contributed by atoms with Gasteiger partial charge in [0.05, 0.1) is 19.8 Å². The molecule has 0 aromatic heterocycles. The van der Waals surface area contributed by atoms with Gasteiger partial charge in [-0.05, 0) is 122 Å². The van der Waals surface area contributed by atoms with Crippen molar-refractivity contribution < 1.29 is 52.2 Å². The number of aliphatic hydroxyl groups excluding tert-OH is 1. The molecule has 2 N–H and O–H groups in total. The Kier molecular flexibility index (Phi) is 51.2. The van der Waals surface area contributed by atoms with Crippen molar-refractivity contribution in [1.82, 2.24) is 0 Å². The molecule has 0 rings (SSSR count). The lowest BCUT2D eigenvalue weighted by atomic mass is 10.1. The molecule has 11 nitrogen and oxygen atoms in total. The van der Waals surface area contributed by atoms with Crippen LogP contribution in [-0.4, -0.2) is 66.5 Å². The Hall–Kier alpha value is -4.64. The van der Waals surface area contributed by atoms with Crippen LogP contribution in [0.1, 0.15) is 188 Å². The average molecular weight is 1050 g/mol. The predicted octanol–water partition coefficient (Wildman–Crippen LogP) is 16.4. The van der Waals surface area contributed by atoms with Gasteiger partial charge in [0.1, 0.15) is 12.7 Å². The Morgan fingerprint density at radius 2 is 0.689 bits per heavy atom. The minimum absolute atomic E-state index is 0.0906. The maximum absolute atomic E-state index is 12.9. The summed E-state index contributed by atoms with van der Waals surface area (Å²) in [4.78, 5) is 48.4. The van der Waals surface area contributed by atoms with Gasteiger partial charge in [-0.3, -0.25) is 23.4 Å². The molecule has 0 aliphatic rings. The molecule has 0 saturated heterocycles. The van der Waals surface area contributed by atoms with Crippen molar-refractivity contribution in [3.05, 3.63) is 146 Å². The van der Waals surface area contributed by atoms with Crippen LogP contribution in [0.4, 0.5) is 0 Å². The molecule has 0 bridgehead atoms. The predicted molar refractivity (Wildman–Crippen MR) is 306 cm³/mol. The smallest absolute Gasteiger partial charge is 0.462 e. The Morgan fingerprint density at radius 3 is 1.09 bits per heavy atom. The van der Waals surface area contributed by atoms with Gasteiger partial charge in [-0.25, -0.2) is 4.57 Å². The van der Waals surface area contributed by atoms with Crippen molar-refractivity contribution in [2.45, 2.75) is 200 Å². The third-order valence-electron chi connectivity index (χ3n) is 10.8. The average Bonchev–Trinajstić information content (AvgIpc) is 3.39. The van der Waals surface area contributed by atoms with E-state index in [0.29, 0.717) is 19.3 Å². The normalized spacial score (nSPS) is 14.5. The molecule has 0 fully saturated rings. The van der Waals surface area contributed by atoms with E-state index in [-0.39, 0.29) is 19.3 Å². The molecule has 0 heterocycles. The number of carbonyl (C=O) groups is 3. The summed E-state index contributed by atoms with van der Waals surface area (Å²) in [6, 6.07) is 0. The molecule has 0 radical (unpaired) electrons. The monoisotopic (exact) mass is 1050 g/mol. The summed E-state index contributed by atoms with van der Waals surface area (Å²) in [7, 11) is -4.79. The molecule has 0 spiro atoms. The lowest BCUT2D eigenvalue weighted by Crippen LogP contribution is -2.30. The number of ether oxygens (including phenoxy) is 3. The lowest BCUT2D eigenvalue weighted by Gasteiger charge is -2.21. The fourth-order valence-corrected chi connectivity index (χ4v) is 7.43. The summed E-state index contributed by atoms with van der Waals surface area (Å²) in [5, 5.41) is 9.80. The van der Waals surface area contributed by atoms with Gasteiger partial charge in [0, 0.05) is 19.3 Å². The summed E-state index contributed by atoms with van der Waals surface area (Å²) in [5.41, 5.74) is 0. The quantitative estimate of drug-likeness (QED) is 0.0197. The zero-order chi connectivity index (χ0) is 54.1. The number of hydrogen-bond acceptors (Lipinski definition) is 10. The van der Waals surface area contributed by atoms with E-state index >= 15 is 0 Å². The molecule has 74 heavy (non-hydrogen) atoms. The van der Waals surface area contributed by atoms with Gasteiger partial charge in [0.15, 0.2) is 6.10 Å². The number of rotatable bonds is 49. The number of unbranched alkanes of at least 4 members (excludes halogenated alkanes) is 8. The lowest BCUT2D eigenvalue weighted by molar-refractivity contribution is -0.161. The van der Waals surface area contributed by atoms with Crippen LogP contribution in [0.5, 0.6) is 0 Å². The standard InChI is InChI=1S/C62H97O11P/c1-4-7-10-13-16-19-22-25-27-28-29-30-32-35-38-41-44-47-50-53-62(66)73-59(55-69-60(64)51-48-45-42-39-36-33-24-21-18-15-12-9-6-3)57-71-74(67,68)70-56-58(54-63)72-61(65)52-49-46-43-40-37-34-31-26-23-20-17-14-11-8-5-2/h7-12,16-21,25-27,29-31,33,36-37,40,42,45,58-59,63H,4-6,13-15,22-24,28,32,34-35,38-39,41,43-44,46-57H2,1-3H3,(H,67,68)/b10-7-,11-8-,12-9-,19-16-,20-17-,21-18-,27-25-,30-29-,31-26-,36-33-,40-37-,45-42-. The fraction of sp³-hybridized carbons (Fsp3) is 0.565. The van der Waals surface area contributed by atoms with E-state index in [1.165, 1.54) is 0 Å². The summed E-state index contributed by atoms with van der Waals surface area (Å²) in [6.07, 6.45) is 69.7. The van der Waals surface area contributed by atoms with E-state index in [1.807, 2.05) is 12.2 Å². The summed E-state index contributed by atoms with van der Waals surface area (Å²) < 4.78 is 39.3. The maximum atomic E-state index is 12.9. The van der Waals surface area contributed by atoms with E-state index < -0.39 is 64.4 Å². The van der Waals surface area contributed by atoms with Crippen LogP contribution < -0.4 is 0 Å². The van der Waals surface area contributed by atoms with Gasteiger partial charge >= 0.3 is 25.7 Å². The molecule has 0 saturated carbocycles. The van der Waals surface area contributed by atoms with Gasteiger partial charge < -0.3 is 24.2 Å². The van der Waals surface area contributed by atoms with E-state index in [9.17, 15) is 28.9 Å². The van der Waals surface area contributed by atoms with E-state index in [4.69, 9.17) is 23.3 Å². The second-order valence-corrected chi connectivity index (χ2v) is 19.1. The summed E-state index contributed by atoms with van der Waals surface area (Å²) in [6.45, 7) is 4.12. The van der Waals surface area contributed by atoms with Crippen LogP contribution in [0.15, 0.2) is 146 Å². The first-order valence-electron chi connectivity index (χ1n) is 27.7. The Balaban J connectivity index is 4.88. The second-order valence-electron chi connectivity index (χ2n) is 17.6. The van der Waals surface area contributed by atoms with E-state index in [1.54, 1.807) is 0 Å². The molecule has 0 aromatic rings. The number of phosphoric acid groups is 1. The minimum Gasteiger partial charge on any atom is -0.462 e. The van der Waals surface area contributed by atoms with Crippen molar-refractivity contribution in [2.24, 2.45) is 0 Å². The first-order chi connectivity index (χ1) is 36.2. The Morgan fingerprint density at radius 1 is 0.378 bits per heavy atom. The SMILES string of the molecule is CC/C=C\C/C=C\C/C=C\C/C=C\CCCCCCCCC(=O)OC(COC(=O)CC/C=C\C/C=C\C/C=C\C/C=C\CC)COP(=O)(O)OCC(CO)OC(=O)CCCC/C=C\C/C=C\C/C=C\C/C=C\CC. The van der Waals surface area contributed by atoms with Crippen molar-refractivity contribution in [3.8, 4) is 0 Å². The first-order valence-corrected chi connectivity index (χ1v) is 29.2. The van der Waals surface area contributed by atoms with Crippen molar-refractivity contribution in [3.63, 3.8) is 0 Å². The van der Waals surface area contributed by atoms with Gasteiger partial charge in [0.2, 0.25) is 0 Å². The van der Waals surface area contributed by atoms with Crippen LogP contribution in [0.3, 0.4) is 0 Å². The molecule has 0 aliphatic heterocycles. The maximum Gasteiger partial charge on any atom is 0.472 e. The van der Waals surface area contributed by atoms with Crippen LogP contribution in [0.2, 0.25) is 0 Å².